The zero-order chi connectivity index (χ0) is 20.4. The molecule has 0 N–H and O–H groups in total. The molecule has 0 atom stereocenters. The summed E-state index contributed by atoms with van der Waals surface area (Å²) in [6.07, 6.45) is 24.2. The molecule has 2 aliphatic rings. The second-order valence-corrected chi connectivity index (χ2v) is 10.7. The fourth-order valence-corrected chi connectivity index (χ4v) is 8.68. The topological polar surface area (TPSA) is 9.23 Å². The molecule has 0 amide bonds. The van der Waals surface area contributed by atoms with E-state index in [9.17, 15) is 0 Å². The minimum Gasteiger partial charge on any atom is -0.497 e. The molecule has 0 aromatic carbocycles. The Morgan fingerprint density at radius 1 is 0.893 bits per heavy atom. The van der Waals surface area contributed by atoms with Crippen molar-refractivity contribution in [3.8, 4) is 0 Å². The molecule has 2 heteroatoms. The predicted molar refractivity (Wildman–Crippen MR) is 127 cm³/mol. The Morgan fingerprint density at radius 2 is 1.43 bits per heavy atom. The average molecular weight is 399 g/mol. The van der Waals surface area contributed by atoms with Crippen molar-refractivity contribution in [1.82, 2.24) is 0 Å². The summed E-state index contributed by atoms with van der Waals surface area (Å²) in [6, 6.07) is 0. The van der Waals surface area contributed by atoms with Crippen LogP contribution in [0.25, 0.3) is 0 Å². The van der Waals surface area contributed by atoms with Crippen molar-refractivity contribution < 1.29 is 4.74 Å². The van der Waals surface area contributed by atoms with Gasteiger partial charge in [0.15, 0.2) is 0 Å². The Bertz CT molecular complexity index is 607. The molecule has 28 heavy (non-hydrogen) atoms. The molecule has 0 unspecified atom stereocenters. The summed E-state index contributed by atoms with van der Waals surface area (Å²) in [7, 11) is 1.45. The number of hydrogen-bond acceptors (Lipinski definition) is 1. The van der Waals surface area contributed by atoms with Gasteiger partial charge in [0.05, 0.1) is 7.11 Å². The Hall–Kier alpha value is -1.33. The number of allylic oxidation sites excluding steroid dienone is 7. The second kappa shape index (κ2) is 12.3. The van der Waals surface area contributed by atoms with E-state index >= 15 is 0 Å². The van der Waals surface area contributed by atoms with Crippen LogP contribution in [-0.2, 0) is 4.74 Å². The quantitative estimate of drug-likeness (QED) is 0.215. The van der Waals surface area contributed by atoms with E-state index in [0.717, 1.165) is 16.9 Å². The predicted octanol–water partition coefficient (Wildman–Crippen LogP) is 8.42. The lowest BCUT2D eigenvalue weighted by atomic mass is 9.99. The SMILES string of the molecule is C=CC(/C(=C/C=C\C)C(=C)OC)=C(\C=C)P(C1CCCCC1)C1CCCCC1. The third-order valence-electron chi connectivity index (χ3n) is 6.18. The smallest absolute Gasteiger partial charge is 0.119 e. The molecule has 154 valence electrons. The van der Waals surface area contributed by atoms with Crippen molar-refractivity contribution in [2.45, 2.75) is 82.4 Å². The van der Waals surface area contributed by atoms with E-state index in [1.54, 1.807) is 7.11 Å². The Labute approximate surface area is 174 Å². The van der Waals surface area contributed by atoms with E-state index in [1.807, 2.05) is 19.1 Å². The summed E-state index contributed by atoms with van der Waals surface area (Å²) >= 11 is 0. The molecular weight excluding hydrogens is 359 g/mol. The largest absolute Gasteiger partial charge is 0.497 e. The summed E-state index contributed by atoms with van der Waals surface area (Å²) in [5.41, 5.74) is 3.88. The summed E-state index contributed by atoms with van der Waals surface area (Å²) in [6.45, 7) is 14.7. The van der Waals surface area contributed by atoms with Gasteiger partial charge in [-0.05, 0) is 54.8 Å². The molecule has 1 nitrogen and oxygen atoms in total. The van der Waals surface area contributed by atoms with Crippen LogP contribution in [-0.4, -0.2) is 18.4 Å². The maximum absolute atomic E-state index is 5.55. The zero-order valence-electron chi connectivity index (χ0n) is 18.1. The van der Waals surface area contributed by atoms with Crippen LogP contribution in [0.4, 0.5) is 0 Å². The normalized spacial score (nSPS) is 20.9. The van der Waals surface area contributed by atoms with E-state index in [-0.39, 0.29) is 7.92 Å². The second-order valence-electron chi connectivity index (χ2n) is 7.93. The van der Waals surface area contributed by atoms with Crippen LogP contribution in [0.15, 0.2) is 72.3 Å². The zero-order valence-corrected chi connectivity index (χ0v) is 19.0. The van der Waals surface area contributed by atoms with Crippen LogP contribution in [0.2, 0.25) is 0 Å². The maximum Gasteiger partial charge on any atom is 0.119 e. The van der Waals surface area contributed by atoms with Gasteiger partial charge in [-0.3, -0.25) is 0 Å². The third kappa shape index (κ3) is 5.84. The minimum atomic E-state index is -0.254. The first-order valence-corrected chi connectivity index (χ1v) is 12.5. The molecule has 0 aliphatic heterocycles. The minimum absolute atomic E-state index is 0.254. The van der Waals surface area contributed by atoms with Crippen molar-refractivity contribution in [3.63, 3.8) is 0 Å². The van der Waals surface area contributed by atoms with Gasteiger partial charge in [0, 0.05) is 5.57 Å². The Balaban J connectivity index is 2.56. The highest BCUT2D eigenvalue weighted by Gasteiger charge is 2.34. The highest BCUT2D eigenvalue weighted by molar-refractivity contribution is 7.63. The average Bonchev–Trinajstić information content (AvgIpc) is 2.76. The lowest BCUT2D eigenvalue weighted by Gasteiger charge is -2.40. The summed E-state index contributed by atoms with van der Waals surface area (Å²) < 4.78 is 5.55. The number of hydrogen-bond donors (Lipinski definition) is 0. The first-order valence-electron chi connectivity index (χ1n) is 11.0. The Morgan fingerprint density at radius 3 is 1.82 bits per heavy atom. The molecule has 2 fully saturated rings. The monoisotopic (exact) mass is 398 g/mol. The van der Waals surface area contributed by atoms with Gasteiger partial charge in [-0.25, -0.2) is 0 Å². The van der Waals surface area contributed by atoms with Crippen LogP contribution in [0, 0.1) is 0 Å². The van der Waals surface area contributed by atoms with Gasteiger partial charge < -0.3 is 4.74 Å². The first kappa shape index (κ1) is 23.0. The van der Waals surface area contributed by atoms with Gasteiger partial charge in [0.2, 0.25) is 0 Å². The summed E-state index contributed by atoms with van der Waals surface area (Å²) in [5, 5.41) is 1.43. The van der Waals surface area contributed by atoms with E-state index < -0.39 is 0 Å². The molecule has 2 rings (SSSR count). The van der Waals surface area contributed by atoms with Gasteiger partial charge >= 0.3 is 0 Å². The standard InChI is InChI=1S/C26H39OP/c1-6-9-20-25(21(4)27-5)24(7-2)26(8-3)28(22-16-12-10-13-17-22)23-18-14-11-15-19-23/h6-9,20,22-23H,2-4,10-19H2,1,5H3/b9-6-,25-20+,26-24-. The van der Waals surface area contributed by atoms with Crippen LogP contribution in [0.5, 0.6) is 0 Å². The number of ether oxygens (including phenoxy) is 1. The van der Waals surface area contributed by atoms with Crippen LogP contribution in [0.1, 0.15) is 71.1 Å². The molecule has 0 aromatic rings. The fourth-order valence-electron chi connectivity index (χ4n) is 4.75. The molecule has 0 spiro atoms. The summed E-state index contributed by atoms with van der Waals surface area (Å²) in [5.74, 6) is 0.703. The Kier molecular flexibility index (Phi) is 10.1. The van der Waals surface area contributed by atoms with Crippen molar-refractivity contribution in [3.05, 3.63) is 72.3 Å². The van der Waals surface area contributed by atoms with Crippen molar-refractivity contribution in [2.24, 2.45) is 0 Å². The number of rotatable bonds is 9. The third-order valence-corrected chi connectivity index (χ3v) is 9.77. The highest BCUT2D eigenvalue weighted by atomic mass is 31.1. The number of methoxy groups -OCH3 is 1. The van der Waals surface area contributed by atoms with E-state index in [4.69, 9.17) is 4.74 Å². The maximum atomic E-state index is 5.55. The molecule has 2 aliphatic carbocycles. The van der Waals surface area contributed by atoms with E-state index in [0.29, 0.717) is 5.76 Å². The molecule has 0 bridgehead atoms. The van der Waals surface area contributed by atoms with Crippen molar-refractivity contribution in [1.29, 1.82) is 0 Å². The lowest BCUT2D eigenvalue weighted by molar-refractivity contribution is 0.304. The summed E-state index contributed by atoms with van der Waals surface area (Å²) in [4.78, 5) is 0. The van der Waals surface area contributed by atoms with Gasteiger partial charge in [-0.1, -0.05) is 96.6 Å². The van der Waals surface area contributed by atoms with Crippen molar-refractivity contribution >= 4 is 7.92 Å². The van der Waals surface area contributed by atoms with Gasteiger partial charge in [0.25, 0.3) is 0 Å². The molecular formula is C26H39OP. The van der Waals surface area contributed by atoms with Crippen molar-refractivity contribution in [2.75, 3.05) is 7.11 Å². The van der Waals surface area contributed by atoms with E-state index in [1.165, 1.54) is 75.1 Å². The van der Waals surface area contributed by atoms with Crippen LogP contribution < -0.4 is 0 Å². The van der Waals surface area contributed by atoms with Crippen LogP contribution >= 0.6 is 7.92 Å². The fraction of sp³-hybridized carbons (Fsp3) is 0.538. The lowest BCUT2D eigenvalue weighted by Crippen LogP contribution is -2.21. The molecule has 2 saturated carbocycles. The van der Waals surface area contributed by atoms with Gasteiger partial charge in [-0.2, -0.15) is 0 Å². The molecule has 0 radical (unpaired) electrons. The van der Waals surface area contributed by atoms with Gasteiger partial charge in [-0.15, -0.1) is 0 Å². The first-order chi connectivity index (χ1) is 13.7. The molecule has 0 aromatic heterocycles. The molecule has 0 heterocycles. The van der Waals surface area contributed by atoms with Gasteiger partial charge in [0.1, 0.15) is 5.76 Å². The molecule has 0 saturated heterocycles. The highest BCUT2D eigenvalue weighted by Crippen LogP contribution is 2.62. The van der Waals surface area contributed by atoms with E-state index in [2.05, 4.69) is 38.0 Å². The van der Waals surface area contributed by atoms with Crippen LogP contribution in [0.3, 0.4) is 0 Å².